The van der Waals surface area contributed by atoms with Crippen LogP contribution in [0.15, 0.2) is 42.5 Å². The van der Waals surface area contributed by atoms with Crippen molar-refractivity contribution < 1.29 is 9.53 Å². The first kappa shape index (κ1) is 16.6. The summed E-state index contributed by atoms with van der Waals surface area (Å²) in [5.41, 5.74) is 3.99. The highest BCUT2D eigenvalue weighted by Crippen LogP contribution is 2.34. The van der Waals surface area contributed by atoms with Gasteiger partial charge in [0.05, 0.1) is 18.5 Å². The van der Waals surface area contributed by atoms with Gasteiger partial charge >= 0.3 is 0 Å². The Morgan fingerprint density at radius 2 is 2.04 bits per heavy atom. The molecule has 0 saturated carbocycles. The molecule has 0 aliphatic carbocycles. The molecule has 1 aliphatic heterocycles. The van der Waals surface area contributed by atoms with Crippen molar-refractivity contribution in [3.8, 4) is 5.75 Å². The molecular formula is C21H23N3O2. The predicted octanol–water partition coefficient (Wildman–Crippen LogP) is 3.52. The van der Waals surface area contributed by atoms with E-state index in [1.54, 1.807) is 7.11 Å². The maximum Gasteiger partial charge on any atom is 0.227 e. The predicted molar refractivity (Wildman–Crippen MR) is 102 cm³/mol. The number of rotatable bonds is 5. The Bertz CT molecular complexity index is 933. The highest BCUT2D eigenvalue weighted by Gasteiger charge is 2.29. The molecule has 134 valence electrons. The van der Waals surface area contributed by atoms with Gasteiger partial charge in [0.25, 0.3) is 0 Å². The molecule has 0 bridgehead atoms. The van der Waals surface area contributed by atoms with Gasteiger partial charge < -0.3 is 15.0 Å². The summed E-state index contributed by atoms with van der Waals surface area (Å²) < 4.78 is 5.50. The van der Waals surface area contributed by atoms with E-state index in [-0.39, 0.29) is 11.8 Å². The van der Waals surface area contributed by atoms with Gasteiger partial charge in [0.15, 0.2) is 0 Å². The highest BCUT2D eigenvalue weighted by molar-refractivity contribution is 5.93. The van der Waals surface area contributed by atoms with E-state index < -0.39 is 0 Å². The zero-order chi connectivity index (χ0) is 18.1. The first-order valence-corrected chi connectivity index (χ1v) is 9.05. The van der Waals surface area contributed by atoms with E-state index in [9.17, 15) is 4.79 Å². The number of aromatic nitrogens is 2. The van der Waals surface area contributed by atoms with Crippen LogP contribution < -0.4 is 10.1 Å². The van der Waals surface area contributed by atoms with Crippen LogP contribution in [0, 0.1) is 0 Å². The molecule has 2 N–H and O–H groups in total. The van der Waals surface area contributed by atoms with E-state index in [1.165, 1.54) is 5.56 Å². The van der Waals surface area contributed by atoms with Crippen LogP contribution in [0.25, 0.3) is 11.0 Å². The molecule has 1 aliphatic rings. The number of ether oxygens (including phenoxy) is 1. The van der Waals surface area contributed by atoms with E-state index in [0.29, 0.717) is 5.92 Å². The Morgan fingerprint density at radius 1 is 1.23 bits per heavy atom. The Morgan fingerprint density at radius 3 is 2.73 bits per heavy atom. The summed E-state index contributed by atoms with van der Waals surface area (Å²) in [6, 6.07) is 14.3. The van der Waals surface area contributed by atoms with E-state index in [2.05, 4.69) is 41.5 Å². The van der Waals surface area contributed by atoms with Crippen LogP contribution in [0.5, 0.6) is 5.75 Å². The number of methoxy groups -OCH3 is 1. The quantitative estimate of drug-likeness (QED) is 0.740. The van der Waals surface area contributed by atoms with Gasteiger partial charge in [-0.25, -0.2) is 4.98 Å². The smallest absolute Gasteiger partial charge is 0.227 e. The topological polar surface area (TPSA) is 67.0 Å². The summed E-state index contributed by atoms with van der Waals surface area (Å²) in [6.07, 6.45) is 1.61. The first-order valence-electron chi connectivity index (χ1n) is 9.05. The maximum absolute atomic E-state index is 12.2. The highest BCUT2D eigenvalue weighted by atomic mass is 16.5. The molecular weight excluding hydrogens is 326 g/mol. The van der Waals surface area contributed by atoms with Gasteiger partial charge in [-0.15, -0.1) is 0 Å². The SMILES string of the molecule is COc1ccc(C2CCNC2=O)c2nc(CC(C)c3ccccc3)[nH]c12. The average Bonchev–Trinajstić information content (AvgIpc) is 3.27. The molecule has 26 heavy (non-hydrogen) atoms. The lowest BCUT2D eigenvalue weighted by Crippen LogP contribution is -2.18. The van der Waals surface area contributed by atoms with Crippen LogP contribution in [0.2, 0.25) is 0 Å². The second-order valence-electron chi connectivity index (χ2n) is 6.91. The molecule has 1 saturated heterocycles. The first-order chi connectivity index (χ1) is 12.7. The Hall–Kier alpha value is -2.82. The number of nitrogens with zero attached hydrogens (tertiary/aromatic N) is 1. The van der Waals surface area contributed by atoms with Crippen molar-refractivity contribution in [2.24, 2.45) is 0 Å². The number of benzene rings is 2. The molecule has 2 unspecified atom stereocenters. The standard InChI is InChI=1S/C21H23N3O2/c1-13(14-6-4-3-5-7-14)12-18-23-19-15(16-10-11-22-21(16)25)8-9-17(26-2)20(19)24-18/h3-9,13,16H,10-12H2,1-2H3,(H,22,25)(H,23,24). The number of carbonyl (C=O) groups is 1. The minimum absolute atomic E-state index is 0.0821. The number of fused-ring (bicyclic) bond motifs is 1. The lowest BCUT2D eigenvalue weighted by Gasteiger charge is -2.10. The number of imidazole rings is 1. The molecule has 2 heterocycles. The fraction of sp³-hybridized carbons (Fsp3) is 0.333. The minimum Gasteiger partial charge on any atom is -0.494 e. The molecule has 5 nitrogen and oxygen atoms in total. The molecule has 1 aromatic heterocycles. The third-order valence-corrected chi connectivity index (χ3v) is 5.20. The van der Waals surface area contributed by atoms with Crippen LogP contribution in [0.4, 0.5) is 0 Å². The monoisotopic (exact) mass is 349 g/mol. The van der Waals surface area contributed by atoms with E-state index in [4.69, 9.17) is 9.72 Å². The Labute approximate surface area is 152 Å². The average molecular weight is 349 g/mol. The molecule has 0 radical (unpaired) electrons. The van der Waals surface area contributed by atoms with Crippen molar-refractivity contribution in [2.45, 2.75) is 31.6 Å². The van der Waals surface area contributed by atoms with Crippen LogP contribution in [0.1, 0.15) is 42.1 Å². The summed E-state index contributed by atoms with van der Waals surface area (Å²) in [7, 11) is 1.66. The zero-order valence-electron chi connectivity index (χ0n) is 15.1. The molecule has 1 fully saturated rings. The molecule has 2 aromatic carbocycles. The van der Waals surface area contributed by atoms with Gasteiger partial charge in [0.2, 0.25) is 5.91 Å². The fourth-order valence-corrected chi connectivity index (χ4v) is 3.77. The van der Waals surface area contributed by atoms with Crippen LogP contribution in [-0.4, -0.2) is 29.5 Å². The third-order valence-electron chi connectivity index (χ3n) is 5.20. The second kappa shape index (κ2) is 6.83. The van der Waals surface area contributed by atoms with Gasteiger partial charge in [-0.1, -0.05) is 43.3 Å². The number of amides is 1. The summed E-state index contributed by atoms with van der Waals surface area (Å²) in [6.45, 7) is 2.92. The van der Waals surface area contributed by atoms with Gasteiger partial charge in [-0.3, -0.25) is 4.79 Å². The van der Waals surface area contributed by atoms with Gasteiger partial charge in [0.1, 0.15) is 17.1 Å². The number of nitrogens with one attached hydrogen (secondary N) is 2. The van der Waals surface area contributed by atoms with Gasteiger partial charge in [-0.05, 0) is 29.5 Å². The van der Waals surface area contributed by atoms with E-state index in [1.807, 2.05) is 18.2 Å². The van der Waals surface area contributed by atoms with Crippen LogP contribution in [0.3, 0.4) is 0 Å². The van der Waals surface area contributed by atoms with Crippen molar-refractivity contribution in [3.63, 3.8) is 0 Å². The molecule has 4 rings (SSSR count). The summed E-state index contributed by atoms with van der Waals surface area (Å²) in [4.78, 5) is 20.4. The zero-order valence-corrected chi connectivity index (χ0v) is 15.1. The van der Waals surface area contributed by atoms with E-state index >= 15 is 0 Å². The van der Waals surface area contributed by atoms with Crippen molar-refractivity contribution in [1.82, 2.24) is 15.3 Å². The summed E-state index contributed by atoms with van der Waals surface area (Å²) >= 11 is 0. The minimum atomic E-state index is -0.133. The maximum atomic E-state index is 12.2. The van der Waals surface area contributed by atoms with Crippen molar-refractivity contribution >= 4 is 16.9 Å². The molecule has 5 heteroatoms. The molecule has 0 spiro atoms. The van der Waals surface area contributed by atoms with Gasteiger partial charge in [0, 0.05) is 13.0 Å². The van der Waals surface area contributed by atoms with Crippen LogP contribution >= 0.6 is 0 Å². The third kappa shape index (κ3) is 2.94. The lowest BCUT2D eigenvalue weighted by molar-refractivity contribution is -0.120. The van der Waals surface area contributed by atoms with E-state index in [0.717, 1.165) is 47.6 Å². The number of hydrogen-bond donors (Lipinski definition) is 2. The van der Waals surface area contributed by atoms with Crippen molar-refractivity contribution in [3.05, 3.63) is 59.4 Å². The molecule has 2 atom stereocenters. The number of aromatic amines is 1. The second-order valence-corrected chi connectivity index (χ2v) is 6.91. The van der Waals surface area contributed by atoms with Crippen LogP contribution in [-0.2, 0) is 11.2 Å². The Balaban J connectivity index is 1.72. The van der Waals surface area contributed by atoms with Gasteiger partial charge in [-0.2, -0.15) is 0 Å². The molecule has 3 aromatic rings. The largest absolute Gasteiger partial charge is 0.494 e. The fourth-order valence-electron chi connectivity index (χ4n) is 3.77. The lowest BCUT2D eigenvalue weighted by atomic mass is 9.96. The number of carbonyl (C=O) groups excluding carboxylic acids is 1. The Kier molecular flexibility index (Phi) is 4.37. The molecule has 1 amide bonds. The number of H-pyrrole nitrogens is 1. The number of hydrogen-bond acceptors (Lipinski definition) is 3. The van der Waals surface area contributed by atoms with Crippen molar-refractivity contribution in [1.29, 1.82) is 0 Å². The van der Waals surface area contributed by atoms with Crippen molar-refractivity contribution in [2.75, 3.05) is 13.7 Å². The normalized spacial score (nSPS) is 18.1. The summed E-state index contributed by atoms with van der Waals surface area (Å²) in [5.74, 6) is 1.97. The summed E-state index contributed by atoms with van der Waals surface area (Å²) in [5, 5.41) is 2.91.